The minimum atomic E-state index is 0.575. The SMILES string of the molecule is CSc1nccnc1CN1CCNC[C@H]1C. The maximum atomic E-state index is 4.43. The molecule has 1 aliphatic rings. The zero-order valence-electron chi connectivity index (χ0n) is 9.81. The van der Waals surface area contributed by atoms with Crippen molar-refractivity contribution in [3.05, 3.63) is 18.1 Å². The Hall–Kier alpha value is -0.650. The number of thioether (sulfide) groups is 1. The Labute approximate surface area is 101 Å². The van der Waals surface area contributed by atoms with Crippen molar-refractivity contribution in [1.29, 1.82) is 0 Å². The number of hydrogen-bond donors (Lipinski definition) is 1. The summed E-state index contributed by atoms with van der Waals surface area (Å²) >= 11 is 1.67. The summed E-state index contributed by atoms with van der Waals surface area (Å²) in [7, 11) is 0. The van der Waals surface area contributed by atoms with Crippen molar-refractivity contribution < 1.29 is 0 Å². The summed E-state index contributed by atoms with van der Waals surface area (Å²) in [4.78, 5) is 11.2. The molecule has 1 saturated heterocycles. The minimum absolute atomic E-state index is 0.575. The largest absolute Gasteiger partial charge is 0.314 e. The van der Waals surface area contributed by atoms with E-state index in [0.717, 1.165) is 36.9 Å². The van der Waals surface area contributed by atoms with Crippen LogP contribution in [0.1, 0.15) is 12.6 Å². The number of rotatable bonds is 3. The molecule has 2 heterocycles. The van der Waals surface area contributed by atoms with Crippen molar-refractivity contribution in [1.82, 2.24) is 20.2 Å². The zero-order valence-corrected chi connectivity index (χ0v) is 10.6. The van der Waals surface area contributed by atoms with Gasteiger partial charge in [-0.2, -0.15) is 0 Å². The van der Waals surface area contributed by atoms with Gasteiger partial charge in [-0.25, -0.2) is 4.98 Å². The van der Waals surface area contributed by atoms with Crippen LogP contribution in [0.15, 0.2) is 17.4 Å². The van der Waals surface area contributed by atoms with Crippen LogP contribution < -0.4 is 5.32 Å². The van der Waals surface area contributed by atoms with Crippen LogP contribution in [0.3, 0.4) is 0 Å². The van der Waals surface area contributed by atoms with E-state index in [1.54, 1.807) is 24.2 Å². The molecule has 88 valence electrons. The van der Waals surface area contributed by atoms with Gasteiger partial charge >= 0.3 is 0 Å². The predicted octanol–water partition coefficient (Wildman–Crippen LogP) is 0.992. The summed E-state index contributed by atoms with van der Waals surface area (Å²) in [6.45, 7) is 6.38. The molecule has 1 aromatic rings. The van der Waals surface area contributed by atoms with E-state index in [2.05, 4.69) is 33.4 Å². The zero-order chi connectivity index (χ0) is 11.4. The molecule has 1 aliphatic heterocycles. The quantitative estimate of drug-likeness (QED) is 0.795. The molecule has 1 fully saturated rings. The van der Waals surface area contributed by atoms with E-state index in [-0.39, 0.29) is 0 Å². The monoisotopic (exact) mass is 238 g/mol. The molecule has 0 aliphatic carbocycles. The van der Waals surface area contributed by atoms with Crippen LogP contribution in [0.5, 0.6) is 0 Å². The van der Waals surface area contributed by atoms with Gasteiger partial charge in [0.25, 0.3) is 0 Å². The molecule has 1 aromatic heterocycles. The van der Waals surface area contributed by atoms with Gasteiger partial charge in [0.05, 0.1) is 5.69 Å². The number of hydrogen-bond acceptors (Lipinski definition) is 5. The highest BCUT2D eigenvalue weighted by atomic mass is 32.2. The number of aromatic nitrogens is 2. The maximum absolute atomic E-state index is 4.43. The molecule has 4 nitrogen and oxygen atoms in total. The Balaban J connectivity index is 2.07. The fourth-order valence-corrected chi connectivity index (χ4v) is 2.46. The first-order chi connectivity index (χ1) is 7.81. The molecule has 0 saturated carbocycles. The Morgan fingerprint density at radius 2 is 2.31 bits per heavy atom. The first-order valence-electron chi connectivity index (χ1n) is 5.60. The molecule has 0 spiro atoms. The first kappa shape index (κ1) is 11.8. The molecule has 1 N–H and O–H groups in total. The van der Waals surface area contributed by atoms with Gasteiger partial charge in [-0.1, -0.05) is 0 Å². The van der Waals surface area contributed by atoms with Crippen molar-refractivity contribution in [3.63, 3.8) is 0 Å². The van der Waals surface area contributed by atoms with Gasteiger partial charge in [0, 0.05) is 44.6 Å². The smallest absolute Gasteiger partial charge is 0.119 e. The first-order valence-corrected chi connectivity index (χ1v) is 6.82. The van der Waals surface area contributed by atoms with Gasteiger partial charge in [-0.3, -0.25) is 9.88 Å². The van der Waals surface area contributed by atoms with Crippen molar-refractivity contribution in [2.75, 3.05) is 25.9 Å². The van der Waals surface area contributed by atoms with Crippen LogP contribution in [0.25, 0.3) is 0 Å². The van der Waals surface area contributed by atoms with Crippen LogP contribution in [0.4, 0.5) is 0 Å². The maximum Gasteiger partial charge on any atom is 0.119 e. The topological polar surface area (TPSA) is 41.1 Å². The van der Waals surface area contributed by atoms with E-state index in [1.807, 2.05) is 0 Å². The van der Waals surface area contributed by atoms with Crippen LogP contribution >= 0.6 is 11.8 Å². The second-order valence-electron chi connectivity index (χ2n) is 4.04. The van der Waals surface area contributed by atoms with E-state index in [4.69, 9.17) is 0 Å². The average molecular weight is 238 g/mol. The van der Waals surface area contributed by atoms with Crippen molar-refractivity contribution in [2.24, 2.45) is 0 Å². The van der Waals surface area contributed by atoms with Crippen LogP contribution in [-0.2, 0) is 6.54 Å². The fourth-order valence-electron chi connectivity index (χ4n) is 1.94. The van der Waals surface area contributed by atoms with Gasteiger partial charge in [-0.05, 0) is 13.2 Å². The highest BCUT2D eigenvalue weighted by Crippen LogP contribution is 2.17. The third-order valence-corrected chi connectivity index (χ3v) is 3.65. The normalized spacial score (nSPS) is 22.2. The molecule has 2 rings (SSSR count). The lowest BCUT2D eigenvalue weighted by molar-refractivity contribution is 0.162. The fraction of sp³-hybridized carbons (Fsp3) is 0.636. The van der Waals surface area contributed by atoms with E-state index >= 15 is 0 Å². The molecule has 0 unspecified atom stereocenters. The second-order valence-corrected chi connectivity index (χ2v) is 4.83. The molecular weight excluding hydrogens is 220 g/mol. The summed E-state index contributed by atoms with van der Waals surface area (Å²) in [5.74, 6) is 0. The molecule has 0 amide bonds. The molecule has 5 heteroatoms. The molecule has 0 radical (unpaired) electrons. The highest BCUT2D eigenvalue weighted by molar-refractivity contribution is 7.98. The van der Waals surface area contributed by atoms with E-state index in [0.29, 0.717) is 6.04 Å². The Kier molecular flexibility index (Phi) is 4.15. The lowest BCUT2D eigenvalue weighted by Crippen LogP contribution is -2.49. The third kappa shape index (κ3) is 2.72. The van der Waals surface area contributed by atoms with Crippen LogP contribution in [0, 0.1) is 0 Å². The molecule has 16 heavy (non-hydrogen) atoms. The minimum Gasteiger partial charge on any atom is -0.314 e. The van der Waals surface area contributed by atoms with E-state index in [1.165, 1.54) is 0 Å². The van der Waals surface area contributed by atoms with E-state index < -0.39 is 0 Å². The van der Waals surface area contributed by atoms with Crippen molar-refractivity contribution in [3.8, 4) is 0 Å². The second kappa shape index (κ2) is 5.61. The van der Waals surface area contributed by atoms with Gasteiger partial charge < -0.3 is 5.32 Å². The molecular formula is C11H18N4S. The number of piperazine rings is 1. The Morgan fingerprint density at radius 3 is 3.06 bits per heavy atom. The number of nitrogens with zero attached hydrogens (tertiary/aromatic N) is 3. The van der Waals surface area contributed by atoms with Gasteiger partial charge in [0.1, 0.15) is 5.03 Å². The highest BCUT2D eigenvalue weighted by Gasteiger charge is 2.19. The van der Waals surface area contributed by atoms with Gasteiger partial charge in [0.15, 0.2) is 0 Å². The van der Waals surface area contributed by atoms with Crippen molar-refractivity contribution in [2.45, 2.75) is 24.5 Å². The van der Waals surface area contributed by atoms with Crippen LogP contribution in [0.2, 0.25) is 0 Å². The Morgan fingerprint density at radius 1 is 1.50 bits per heavy atom. The third-order valence-electron chi connectivity index (χ3n) is 2.92. The summed E-state index contributed by atoms with van der Waals surface area (Å²) < 4.78 is 0. The molecule has 0 aromatic carbocycles. The summed E-state index contributed by atoms with van der Waals surface area (Å²) in [6.07, 6.45) is 5.59. The lowest BCUT2D eigenvalue weighted by Gasteiger charge is -2.33. The lowest BCUT2D eigenvalue weighted by atomic mass is 10.2. The van der Waals surface area contributed by atoms with E-state index in [9.17, 15) is 0 Å². The van der Waals surface area contributed by atoms with Gasteiger partial charge in [0.2, 0.25) is 0 Å². The van der Waals surface area contributed by atoms with Crippen molar-refractivity contribution >= 4 is 11.8 Å². The summed E-state index contributed by atoms with van der Waals surface area (Å²) in [5.41, 5.74) is 1.10. The molecule has 1 atom stereocenters. The predicted molar refractivity (Wildman–Crippen MR) is 66.6 cm³/mol. The number of nitrogens with one attached hydrogen (secondary N) is 1. The molecule has 0 bridgehead atoms. The average Bonchev–Trinajstić information content (AvgIpc) is 2.33. The summed E-state index contributed by atoms with van der Waals surface area (Å²) in [6, 6.07) is 0.575. The van der Waals surface area contributed by atoms with Crippen LogP contribution in [-0.4, -0.2) is 46.8 Å². The standard InChI is InChI=1S/C11H18N4S/c1-9-7-12-5-6-15(9)8-10-11(16-2)14-4-3-13-10/h3-4,9,12H,5-8H2,1-2H3/t9-/m1/s1. The van der Waals surface area contributed by atoms with Gasteiger partial charge in [-0.15, -0.1) is 11.8 Å². The Bertz CT molecular complexity index is 345. The summed E-state index contributed by atoms with van der Waals surface area (Å²) in [5, 5.41) is 4.45.